The Kier molecular flexibility index (Phi) is 6.10. The highest BCUT2D eigenvalue weighted by Crippen LogP contribution is 2.41. The summed E-state index contributed by atoms with van der Waals surface area (Å²) in [6.07, 6.45) is 7.29. The molecule has 1 aromatic rings. The second-order valence-corrected chi connectivity index (χ2v) is 7.93. The molecule has 1 saturated heterocycles. The van der Waals surface area contributed by atoms with Crippen LogP contribution in [0.15, 0.2) is 24.3 Å². The number of benzene rings is 1. The van der Waals surface area contributed by atoms with Crippen LogP contribution in [-0.4, -0.2) is 37.0 Å². The standard InChI is InChI=1S/C21H31FN2O/c1-17-8-14-24(15-9-17)13-5-12-23-20(25)21(10-2-3-11-21)18-6-4-7-19(22)16-18/h4,6-7,16-17H,2-3,5,8-15H2,1H3,(H,23,25). The monoisotopic (exact) mass is 346 g/mol. The lowest BCUT2D eigenvalue weighted by Crippen LogP contribution is -2.43. The van der Waals surface area contributed by atoms with E-state index in [2.05, 4.69) is 17.1 Å². The van der Waals surface area contributed by atoms with Crippen LogP contribution in [0.4, 0.5) is 4.39 Å². The number of amides is 1. The molecule has 25 heavy (non-hydrogen) atoms. The summed E-state index contributed by atoms with van der Waals surface area (Å²) in [5.74, 6) is 0.684. The van der Waals surface area contributed by atoms with Gasteiger partial charge in [0.2, 0.25) is 5.91 Å². The second-order valence-electron chi connectivity index (χ2n) is 7.93. The van der Waals surface area contributed by atoms with Gasteiger partial charge in [0.1, 0.15) is 5.82 Å². The first-order chi connectivity index (χ1) is 12.1. The highest BCUT2D eigenvalue weighted by atomic mass is 19.1. The SMILES string of the molecule is CC1CCN(CCCNC(=O)C2(c3cccc(F)c3)CCCC2)CC1. The molecule has 0 atom stereocenters. The summed E-state index contributed by atoms with van der Waals surface area (Å²) in [6.45, 7) is 6.46. The van der Waals surface area contributed by atoms with Crippen molar-refractivity contribution in [2.24, 2.45) is 5.92 Å². The maximum Gasteiger partial charge on any atom is 0.230 e. The van der Waals surface area contributed by atoms with E-state index in [0.29, 0.717) is 6.54 Å². The van der Waals surface area contributed by atoms with E-state index in [1.165, 1.54) is 32.0 Å². The minimum atomic E-state index is -0.525. The Labute approximate surface area is 151 Å². The van der Waals surface area contributed by atoms with Crippen molar-refractivity contribution >= 4 is 5.91 Å². The van der Waals surface area contributed by atoms with Gasteiger partial charge in [-0.15, -0.1) is 0 Å². The Bertz CT molecular complexity index is 575. The predicted octanol–water partition coefficient (Wildman–Crippen LogP) is 3.88. The fraction of sp³-hybridized carbons (Fsp3) is 0.667. The number of carbonyl (C=O) groups is 1. The minimum absolute atomic E-state index is 0.0860. The van der Waals surface area contributed by atoms with Crippen molar-refractivity contribution in [2.75, 3.05) is 26.2 Å². The van der Waals surface area contributed by atoms with Crippen LogP contribution in [0.2, 0.25) is 0 Å². The molecule has 3 rings (SSSR count). The number of likely N-dealkylation sites (tertiary alicyclic amines) is 1. The van der Waals surface area contributed by atoms with Crippen LogP contribution < -0.4 is 5.32 Å². The van der Waals surface area contributed by atoms with Crippen LogP contribution in [0.3, 0.4) is 0 Å². The molecule has 2 aliphatic rings. The van der Waals surface area contributed by atoms with E-state index in [9.17, 15) is 9.18 Å². The molecule has 1 aliphatic carbocycles. The van der Waals surface area contributed by atoms with Crippen molar-refractivity contribution in [1.29, 1.82) is 0 Å². The maximum absolute atomic E-state index is 13.7. The molecule has 0 bridgehead atoms. The van der Waals surface area contributed by atoms with E-state index in [1.807, 2.05) is 6.07 Å². The van der Waals surface area contributed by atoms with E-state index in [0.717, 1.165) is 50.1 Å². The Morgan fingerprint density at radius 2 is 2.00 bits per heavy atom. The molecule has 0 spiro atoms. The Hall–Kier alpha value is -1.42. The highest BCUT2D eigenvalue weighted by molar-refractivity contribution is 5.88. The van der Waals surface area contributed by atoms with Crippen LogP contribution in [0, 0.1) is 11.7 Å². The van der Waals surface area contributed by atoms with Gasteiger partial charge < -0.3 is 10.2 Å². The van der Waals surface area contributed by atoms with Gasteiger partial charge in [-0.2, -0.15) is 0 Å². The summed E-state index contributed by atoms with van der Waals surface area (Å²) in [7, 11) is 0. The van der Waals surface area contributed by atoms with Crippen molar-refractivity contribution in [3.8, 4) is 0 Å². The smallest absolute Gasteiger partial charge is 0.230 e. The van der Waals surface area contributed by atoms with Crippen molar-refractivity contribution in [3.63, 3.8) is 0 Å². The lowest BCUT2D eigenvalue weighted by atomic mass is 9.78. The number of carbonyl (C=O) groups excluding carboxylic acids is 1. The average Bonchev–Trinajstić information content (AvgIpc) is 3.11. The molecule has 1 amide bonds. The summed E-state index contributed by atoms with van der Waals surface area (Å²) in [5.41, 5.74) is 0.315. The predicted molar refractivity (Wildman–Crippen MR) is 99.0 cm³/mol. The summed E-state index contributed by atoms with van der Waals surface area (Å²) in [5, 5.41) is 3.14. The van der Waals surface area contributed by atoms with E-state index in [-0.39, 0.29) is 11.7 Å². The number of hydrogen-bond acceptors (Lipinski definition) is 2. The minimum Gasteiger partial charge on any atom is -0.355 e. The van der Waals surface area contributed by atoms with E-state index >= 15 is 0 Å². The fourth-order valence-corrected chi connectivity index (χ4v) is 4.37. The number of nitrogens with one attached hydrogen (secondary N) is 1. The summed E-state index contributed by atoms with van der Waals surface area (Å²) < 4.78 is 13.7. The van der Waals surface area contributed by atoms with Gasteiger partial charge in [-0.1, -0.05) is 31.9 Å². The van der Waals surface area contributed by atoms with Crippen molar-refractivity contribution in [2.45, 2.75) is 57.3 Å². The molecule has 1 saturated carbocycles. The molecule has 3 nitrogen and oxygen atoms in total. The number of rotatable bonds is 6. The van der Waals surface area contributed by atoms with Crippen LogP contribution in [0.5, 0.6) is 0 Å². The zero-order valence-electron chi connectivity index (χ0n) is 15.4. The third-order valence-corrected chi connectivity index (χ3v) is 6.08. The van der Waals surface area contributed by atoms with E-state index in [1.54, 1.807) is 12.1 Å². The van der Waals surface area contributed by atoms with Crippen LogP contribution in [0.1, 0.15) is 57.4 Å². The molecule has 1 N–H and O–H groups in total. The molecule has 0 aromatic heterocycles. The summed E-state index contributed by atoms with van der Waals surface area (Å²) in [6, 6.07) is 6.61. The van der Waals surface area contributed by atoms with Crippen LogP contribution in [0.25, 0.3) is 0 Å². The molecule has 0 unspecified atom stereocenters. The summed E-state index contributed by atoms with van der Waals surface area (Å²) in [4.78, 5) is 15.4. The van der Waals surface area contributed by atoms with Crippen LogP contribution >= 0.6 is 0 Å². The van der Waals surface area contributed by atoms with Gasteiger partial charge in [-0.3, -0.25) is 4.79 Å². The van der Waals surface area contributed by atoms with Gasteiger partial charge in [0.15, 0.2) is 0 Å². The number of halogens is 1. The maximum atomic E-state index is 13.7. The summed E-state index contributed by atoms with van der Waals surface area (Å²) >= 11 is 0. The zero-order valence-corrected chi connectivity index (χ0v) is 15.4. The average molecular weight is 346 g/mol. The molecule has 1 heterocycles. The first kappa shape index (κ1) is 18.4. The third kappa shape index (κ3) is 4.41. The highest BCUT2D eigenvalue weighted by Gasteiger charge is 2.42. The fourth-order valence-electron chi connectivity index (χ4n) is 4.37. The Morgan fingerprint density at radius 1 is 1.28 bits per heavy atom. The Balaban J connectivity index is 1.52. The van der Waals surface area contributed by atoms with Gasteiger partial charge in [0.25, 0.3) is 0 Å². The van der Waals surface area contributed by atoms with Crippen molar-refractivity contribution in [1.82, 2.24) is 10.2 Å². The van der Waals surface area contributed by atoms with Gasteiger partial charge in [-0.25, -0.2) is 4.39 Å². The topological polar surface area (TPSA) is 32.3 Å². The largest absolute Gasteiger partial charge is 0.355 e. The molecular formula is C21H31FN2O. The van der Waals surface area contributed by atoms with Gasteiger partial charge in [0, 0.05) is 6.54 Å². The third-order valence-electron chi connectivity index (χ3n) is 6.08. The molecule has 2 fully saturated rings. The van der Waals surface area contributed by atoms with Crippen molar-refractivity contribution in [3.05, 3.63) is 35.6 Å². The lowest BCUT2D eigenvalue weighted by Gasteiger charge is -2.31. The van der Waals surface area contributed by atoms with Gasteiger partial charge in [0.05, 0.1) is 5.41 Å². The number of hydrogen-bond donors (Lipinski definition) is 1. The molecule has 4 heteroatoms. The normalized spacial score (nSPS) is 21.4. The second kappa shape index (κ2) is 8.31. The first-order valence-electron chi connectivity index (χ1n) is 9.87. The first-order valence-corrected chi connectivity index (χ1v) is 9.87. The van der Waals surface area contributed by atoms with E-state index in [4.69, 9.17) is 0 Å². The molecular weight excluding hydrogens is 315 g/mol. The Morgan fingerprint density at radius 3 is 2.68 bits per heavy atom. The molecule has 0 radical (unpaired) electrons. The molecule has 1 aromatic carbocycles. The zero-order chi connectivity index (χ0) is 17.7. The number of nitrogens with zero attached hydrogens (tertiary/aromatic N) is 1. The lowest BCUT2D eigenvalue weighted by molar-refractivity contribution is -0.126. The van der Waals surface area contributed by atoms with Gasteiger partial charge >= 0.3 is 0 Å². The number of piperidine rings is 1. The van der Waals surface area contributed by atoms with Crippen LogP contribution in [-0.2, 0) is 10.2 Å². The van der Waals surface area contributed by atoms with Crippen molar-refractivity contribution < 1.29 is 9.18 Å². The molecule has 1 aliphatic heterocycles. The quantitative estimate of drug-likeness (QED) is 0.793. The van der Waals surface area contributed by atoms with Gasteiger partial charge in [-0.05, 0) is 75.4 Å². The van der Waals surface area contributed by atoms with E-state index < -0.39 is 5.41 Å². The molecule has 138 valence electrons.